The van der Waals surface area contributed by atoms with E-state index in [1.165, 1.54) is 17.8 Å². The average Bonchev–Trinajstić information content (AvgIpc) is 2.67. The fourth-order valence-electron chi connectivity index (χ4n) is 2.74. The molecule has 0 bridgehead atoms. The van der Waals surface area contributed by atoms with Gasteiger partial charge in [-0.1, -0.05) is 11.8 Å². The van der Waals surface area contributed by atoms with Crippen molar-refractivity contribution < 1.29 is 9.66 Å². The zero-order chi connectivity index (χ0) is 18.7. The summed E-state index contributed by atoms with van der Waals surface area (Å²) in [6.45, 7) is 2.44. The number of nitrogens with zero attached hydrogens (tertiary/aromatic N) is 4. The van der Waals surface area contributed by atoms with Crippen LogP contribution in [0, 0.1) is 21.4 Å². The lowest BCUT2D eigenvalue weighted by atomic mass is 10.0. The molecule has 9 nitrogen and oxygen atoms in total. The third kappa shape index (κ3) is 3.40. The molecule has 1 fully saturated rings. The van der Waals surface area contributed by atoms with Gasteiger partial charge in [-0.15, -0.1) is 0 Å². The van der Waals surface area contributed by atoms with Crippen molar-refractivity contribution in [3.8, 4) is 17.3 Å². The first kappa shape index (κ1) is 17.9. The number of thioether (sulfide) groups is 1. The molecule has 0 unspecified atom stereocenters. The van der Waals surface area contributed by atoms with Gasteiger partial charge in [0.1, 0.15) is 17.3 Å². The number of nitriles is 1. The van der Waals surface area contributed by atoms with Gasteiger partial charge in [-0.05, 0) is 18.4 Å². The van der Waals surface area contributed by atoms with Crippen molar-refractivity contribution in [2.24, 2.45) is 0 Å². The molecule has 1 aliphatic rings. The van der Waals surface area contributed by atoms with Crippen LogP contribution in [-0.4, -0.2) is 47.5 Å². The molecule has 134 valence electrons. The summed E-state index contributed by atoms with van der Waals surface area (Å²) in [7, 11) is 0. The molecule has 1 aliphatic heterocycles. The van der Waals surface area contributed by atoms with Gasteiger partial charge in [0.25, 0.3) is 11.2 Å². The summed E-state index contributed by atoms with van der Waals surface area (Å²) in [6.07, 6.45) is 1.71. The first-order valence-electron chi connectivity index (χ1n) is 7.75. The number of benzene rings is 1. The van der Waals surface area contributed by atoms with Gasteiger partial charge >= 0.3 is 0 Å². The number of rotatable bonds is 4. The highest BCUT2D eigenvalue weighted by molar-refractivity contribution is 7.98. The van der Waals surface area contributed by atoms with Crippen molar-refractivity contribution >= 4 is 23.1 Å². The Hall–Kier alpha value is -2.90. The van der Waals surface area contributed by atoms with Crippen molar-refractivity contribution in [3.63, 3.8) is 0 Å². The predicted molar refractivity (Wildman–Crippen MR) is 96.5 cm³/mol. The van der Waals surface area contributed by atoms with Gasteiger partial charge in [-0.2, -0.15) is 5.26 Å². The maximum Gasteiger partial charge on any atom is 0.278 e. The maximum absolute atomic E-state index is 12.2. The van der Waals surface area contributed by atoms with Crippen LogP contribution in [0.2, 0.25) is 0 Å². The van der Waals surface area contributed by atoms with Crippen LogP contribution >= 0.6 is 11.8 Å². The van der Waals surface area contributed by atoms with Crippen LogP contribution in [0.5, 0.6) is 0 Å². The van der Waals surface area contributed by atoms with Crippen LogP contribution in [0.25, 0.3) is 11.3 Å². The average molecular weight is 373 g/mol. The first-order chi connectivity index (χ1) is 12.5. The molecule has 0 atom stereocenters. The van der Waals surface area contributed by atoms with Gasteiger partial charge in [0, 0.05) is 24.8 Å². The summed E-state index contributed by atoms with van der Waals surface area (Å²) in [5.74, 6) is 0. The minimum absolute atomic E-state index is 0.0161. The molecule has 0 spiro atoms. The van der Waals surface area contributed by atoms with Crippen molar-refractivity contribution in [3.05, 3.63) is 44.2 Å². The molecule has 26 heavy (non-hydrogen) atoms. The van der Waals surface area contributed by atoms with Crippen LogP contribution < -0.4 is 10.5 Å². The van der Waals surface area contributed by atoms with Gasteiger partial charge in [-0.3, -0.25) is 14.9 Å². The molecule has 1 aromatic heterocycles. The Balaban J connectivity index is 2.22. The summed E-state index contributed by atoms with van der Waals surface area (Å²) in [4.78, 5) is 31.9. The number of morpholine rings is 1. The number of H-pyrrole nitrogens is 1. The molecule has 0 amide bonds. The maximum atomic E-state index is 12.2. The zero-order valence-electron chi connectivity index (χ0n) is 13.9. The lowest BCUT2D eigenvalue weighted by Crippen LogP contribution is -2.36. The van der Waals surface area contributed by atoms with E-state index in [4.69, 9.17) is 4.74 Å². The molecule has 0 radical (unpaired) electrons. The van der Waals surface area contributed by atoms with Gasteiger partial charge in [0.15, 0.2) is 5.16 Å². The van der Waals surface area contributed by atoms with E-state index in [9.17, 15) is 20.2 Å². The lowest BCUT2D eigenvalue weighted by molar-refractivity contribution is -0.384. The van der Waals surface area contributed by atoms with E-state index in [0.29, 0.717) is 26.3 Å². The topological polar surface area (TPSA) is 125 Å². The monoisotopic (exact) mass is 373 g/mol. The van der Waals surface area contributed by atoms with Gasteiger partial charge in [0.05, 0.1) is 23.7 Å². The third-order valence-electron chi connectivity index (χ3n) is 4.01. The van der Waals surface area contributed by atoms with Crippen LogP contribution in [-0.2, 0) is 4.74 Å². The molecule has 1 aromatic carbocycles. The SMILES string of the molecule is CSc1nc(-c2cc(N3CCOCC3)ccc2[N+](=O)[O-])c(C#N)c(=O)[nH]1. The fourth-order valence-corrected chi connectivity index (χ4v) is 3.12. The Morgan fingerprint density at radius 1 is 1.42 bits per heavy atom. The number of aromatic nitrogens is 2. The van der Waals surface area contributed by atoms with E-state index in [-0.39, 0.29) is 27.7 Å². The number of aromatic amines is 1. The second kappa shape index (κ2) is 7.55. The van der Waals surface area contributed by atoms with Crippen LogP contribution in [0.4, 0.5) is 11.4 Å². The largest absolute Gasteiger partial charge is 0.378 e. The third-order valence-corrected chi connectivity index (χ3v) is 4.59. The van der Waals surface area contributed by atoms with E-state index in [1.54, 1.807) is 18.4 Å². The number of hydrogen-bond acceptors (Lipinski definition) is 8. The lowest BCUT2D eigenvalue weighted by Gasteiger charge is -2.29. The zero-order valence-corrected chi connectivity index (χ0v) is 14.7. The minimum atomic E-state index is -0.618. The molecule has 0 saturated carbocycles. The Kier molecular flexibility index (Phi) is 5.20. The number of ether oxygens (including phenoxy) is 1. The van der Waals surface area contributed by atoms with Gasteiger partial charge in [0.2, 0.25) is 0 Å². The van der Waals surface area contributed by atoms with Crippen molar-refractivity contribution in [2.75, 3.05) is 37.5 Å². The number of nitrogens with one attached hydrogen (secondary N) is 1. The molecular formula is C16H15N5O4S. The fraction of sp³-hybridized carbons (Fsp3) is 0.312. The van der Waals surface area contributed by atoms with Crippen LogP contribution in [0.15, 0.2) is 28.2 Å². The predicted octanol–water partition coefficient (Wildman–Crippen LogP) is 1.78. The summed E-state index contributed by atoms with van der Waals surface area (Å²) in [5, 5.41) is 21.1. The Labute approximate surface area is 152 Å². The molecule has 2 aromatic rings. The smallest absolute Gasteiger partial charge is 0.278 e. The Morgan fingerprint density at radius 2 is 2.15 bits per heavy atom. The Bertz CT molecular complexity index is 947. The van der Waals surface area contributed by atoms with E-state index < -0.39 is 10.5 Å². The quantitative estimate of drug-likeness (QED) is 0.372. The minimum Gasteiger partial charge on any atom is -0.378 e. The Morgan fingerprint density at radius 3 is 2.77 bits per heavy atom. The molecule has 3 rings (SSSR count). The first-order valence-corrected chi connectivity index (χ1v) is 8.97. The molecule has 10 heteroatoms. The summed E-state index contributed by atoms with van der Waals surface area (Å²) in [6, 6.07) is 6.45. The summed E-state index contributed by atoms with van der Waals surface area (Å²) < 4.78 is 5.33. The highest BCUT2D eigenvalue weighted by Crippen LogP contribution is 2.34. The standard InChI is InChI=1S/C16H15N5O4S/c1-26-16-18-14(12(9-17)15(22)19-16)11-8-10(2-3-13(11)21(23)24)20-4-6-25-7-5-20/h2-3,8H,4-7H2,1H3,(H,18,19,22). The number of nitro groups is 1. The number of anilines is 1. The van der Waals surface area contributed by atoms with Crippen LogP contribution in [0.1, 0.15) is 5.56 Å². The van der Waals surface area contributed by atoms with Gasteiger partial charge in [-0.25, -0.2) is 4.98 Å². The van der Waals surface area contributed by atoms with Crippen molar-refractivity contribution in [1.29, 1.82) is 5.26 Å². The van der Waals surface area contributed by atoms with E-state index >= 15 is 0 Å². The highest BCUT2D eigenvalue weighted by atomic mass is 32.2. The van der Waals surface area contributed by atoms with Crippen LogP contribution in [0.3, 0.4) is 0 Å². The molecule has 1 saturated heterocycles. The highest BCUT2D eigenvalue weighted by Gasteiger charge is 2.24. The van der Waals surface area contributed by atoms with Crippen molar-refractivity contribution in [2.45, 2.75) is 5.16 Å². The van der Waals surface area contributed by atoms with E-state index in [1.807, 2.05) is 11.0 Å². The van der Waals surface area contributed by atoms with E-state index in [2.05, 4.69) is 9.97 Å². The normalized spacial score (nSPS) is 14.1. The number of hydrogen-bond donors (Lipinski definition) is 1. The van der Waals surface area contributed by atoms with Crippen molar-refractivity contribution in [1.82, 2.24) is 9.97 Å². The molecule has 2 heterocycles. The van der Waals surface area contributed by atoms with E-state index in [0.717, 1.165) is 5.69 Å². The molecule has 1 N–H and O–H groups in total. The molecular weight excluding hydrogens is 358 g/mol. The summed E-state index contributed by atoms with van der Waals surface area (Å²) in [5.41, 5.74) is -0.147. The summed E-state index contributed by atoms with van der Waals surface area (Å²) >= 11 is 1.18. The second-order valence-electron chi connectivity index (χ2n) is 5.47. The number of nitro benzene ring substituents is 1. The second-order valence-corrected chi connectivity index (χ2v) is 6.26. The molecule has 0 aliphatic carbocycles. The van der Waals surface area contributed by atoms with Gasteiger partial charge < -0.3 is 14.6 Å².